The van der Waals surface area contributed by atoms with Crippen molar-refractivity contribution in [3.63, 3.8) is 0 Å². The van der Waals surface area contributed by atoms with Crippen molar-refractivity contribution in [2.45, 2.75) is 58.0 Å². The third-order valence-corrected chi connectivity index (χ3v) is 3.14. The molecule has 0 aliphatic carbocycles. The summed E-state index contributed by atoms with van der Waals surface area (Å²) in [4.78, 5) is 11.5. The Hall–Kier alpha value is -0.780. The Balaban J connectivity index is 3.54. The normalized spacial score (nSPS) is 13.3. The lowest BCUT2D eigenvalue weighted by Crippen LogP contribution is -2.25. The summed E-state index contributed by atoms with van der Waals surface area (Å²) in [6, 6.07) is 0. The summed E-state index contributed by atoms with van der Waals surface area (Å²) in [6.45, 7) is 3.01. The van der Waals surface area contributed by atoms with Crippen molar-refractivity contribution in [2.75, 3.05) is 13.1 Å². The zero-order chi connectivity index (χ0) is 14.7. The number of halogens is 3. The van der Waals surface area contributed by atoms with E-state index in [-0.39, 0.29) is 12.3 Å². The second-order valence-electron chi connectivity index (χ2n) is 4.81. The minimum atomic E-state index is -4.10. The first-order valence-corrected chi connectivity index (χ1v) is 6.92. The molecule has 114 valence electrons. The highest BCUT2D eigenvalue weighted by atomic mass is 19.4. The maximum atomic E-state index is 11.9. The lowest BCUT2D eigenvalue weighted by Gasteiger charge is -2.13. The van der Waals surface area contributed by atoms with E-state index < -0.39 is 12.6 Å². The number of amides is 1. The molecule has 0 spiro atoms. The molecule has 19 heavy (non-hydrogen) atoms. The molecule has 0 aromatic carbocycles. The van der Waals surface area contributed by atoms with Crippen molar-refractivity contribution in [1.82, 2.24) is 5.32 Å². The number of nitrogens with two attached hydrogens (primary N) is 1. The molecular weight excluding hydrogens is 257 g/mol. The van der Waals surface area contributed by atoms with Gasteiger partial charge in [-0.25, -0.2) is 0 Å². The van der Waals surface area contributed by atoms with Gasteiger partial charge < -0.3 is 11.1 Å². The van der Waals surface area contributed by atoms with Crippen molar-refractivity contribution >= 4 is 5.91 Å². The minimum absolute atomic E-state index is 0.0640. The summed E-state index contributed by atoms with van der Waals surface area (Å²) in [7, 11) is 0. The number of carbonyl (C=O) groups is 1. The minimum Gasteiger partial charge on any atom is -0.356 e. The molecule has 3 N–H and O–H groups in total. The van der Waals surface area contributed by atoms with Gasteiger partial charge in [0.15, 0.2) is 0 Å². The summed E-state index contributed by atoms with van der Waals surface area (Å²) in [6.07, 6.45) is -1.32. The van der Waals surface area contributed by atoms with Gasteiger partial charge in [-0.05, 0) is 38.1 Å². The monoisotopic (exact) mass is 282 g/mol. The molecule has 0 saturated heterocycles. The topological polar surface area (TPSA) is 55.1 Å². The Morgan fingerprint density at radius 3 is 2.47 bits per heavy atom. The molecule has 0 aromatic rings. The molecular formula is C13H25F3N2O. The van der Waals surface area contributed by atoms with Crippen molar-refractivity contribution in [1.29, 1.82) is 0 Å². The molecule has 0 rings (SSSR count). The maximum Gasteiger partial charge on any atom is 0.389 e. The average Bonchev–Trinajstić information content (AvgIpc) is 2.32. The molecule has 0 radical (unpaired) electrons. The van der Waals surface area contributed by atoms with Crippen molar-refractivity contribution < 1.29 is 18.0 Å². The van der Waals surface area contributed by atoms with E-state index in [1.165, 1.54) is 0 Å². The van der Waals surface area contributed by atoms with Gasteiger partial charge in [0.05, 0.1) is 0 Å². The van der Waals surface area contributed by atoms with E-state index in [1.807, 2.05) is 0 Å². The summed E-state index contributed by atoms with van der Waals surface area (Å²) in [5.41, 5.74) is 5.47. The van der Waals surface area contributed by atoms with Crippen LogP contribution < -0.4 is 11.1 Å². The van der Waals surface area contributed by atoms with E-state index >= 15 is 0 Å². The fourth-order valence-electron chi connectivity index (χ4n) is 1.89. The molecule has 0 fully saturated rings. The Morgan fingerprint density at radius 2 is 1.95 bits per heavy atom. The number of carbonyl (C=O) groups excluding carboxylic acids is 1. The van der Waals surface area contributed by atoms with Gasteiger partial charge in [-0.1, -0.05) is 13.3 Å². The molecule has 0 aliphatic rings. The van der Waals surface area contributed by atoms with Crippen LogP contribution in [-0.4, -0.2) is 25.2 Å². The van der Waals surface area contributed by atoms with Gasteiger partial charge in [0.25, 0.3) is 0 Å². The van der Waals surface area contributed by atoms with Crippen molar-refractivity contribution in [3.8, 4) is 0 Å². The van der Waals surface area contributed by atoms with E-state index in [0.29, 0.717) is 31.8 Å². The van der Waals surface area contributed by atoms with Crippen molar-refractivity contribution in [2.24, 2.45) is 11.7 Å². The Bertz CT molecular complexity index is 245. The number of hydrogen-bond acceptors (Lipinski definition) is 2. The summed E-state index contributed by atoms with van der Waals surface area (Å²) in [5, 5.41) is 2.65. The molecule has 0 aliphatic heterocycles. The van der Waals surface area contributed by atoms with E-state index in [2.05, 4.69) is 12.2 Å². The molecule has 1 unspecified atom stereocenters. The molecule has 0 heterocycles. The number of alkyl halides is 3. The second-order valence-corrected chi connectivity index (χ2v) is 4.81. The first-order chi connectivity index (χ1) is 8.89. The quantitative estimate of drug-likeness (QED) is 0.605. The number of rotatable bonds is 10. The van der Waals surface area contributed by atoms with Gasteiger partial charge in [-0.2, -0.15) is 13.2 Å². The van der Waals surface area contributed by atoms with E-state index in [1.54, 1.807) is 0 Å². The molecule has 0 aromatic heterocycles. The predicted octanol–water partition coefficient (Wildman–Crippen LogP) is 2.99. The summed E-state index contributed by atoms with van der Waals surface area (Å²) >= 11 is 0. The van der Waals surface area contributed by atoms with Crippen LogP contribution in [0, 0.1) is 5.92 Å². The SMILES string of the molecule is CCC(CCN)CCC(=O)NCCCCC(F)(F)F. The number of nitrogens with one attached hydrogen (secondary N) is 1. The molecule has 3 nitrogen and oxygen atoms in total. The van der Waals surface area contributed by atoms with Gasteiger partial charge in [0.2, 0.25) is 5.91 Å². The highest BCUT2D eigenvalue weighted by Gasteiger charge is 2.25. The first-order valence-electron chi connectivity index (χ1n) is 6.92. The zero-order valence-electron chi connectivity index (χ0n) is 11.6. The van der Waals surface area contributed by atoms with Gasteiger partial charge in [-0.3, -0.25) is 4.79 Å². The number of unbranched alkanes of at least 4 members (excludes halogenated alkanes) is 1. The third kappa shape index (κ3) is 12.0. The van der Waals surface area contributed by atoms with Crippen LogP contribution in [0.2, 0.25) is 0 Å². The highest BCUT2D eigenvalue weighted by molar-refractivity contribution is 5.75. The van der Waals surface area contributed by atoms with Crippen LogP contribution in [0.1, 0.15) is 51.9 Å². The van der Waals surface area contributed by atoms with Gasteiger partial charge in [-0.15, -0.1) is 0 Å². The Morgan fingerprint density at radius 1 is 1.26 bits per heavy atom. The van der Waals surface area contributed by atoms with Crippen LogP contribution >= 0.6 is 0 Å². The fraction of sp³-hybridized carbons (Fsp3) is 0.923. The first kappa shape index (κ1) is 18.2. The maximum absolute atomic E-state index is 11.9. The Kier molecular flexibility index (Phi) is 9.65. The highest BCUT2D eigenvalue weighted by Crippen LogP contribution is 2.21. The second kappa shape index (κ2) is 10.1. The van der Waals surface area contributed by atoms with Gasteiger partial charge in [0, 0.05) is 19.4 Å². The predicted molar refractivity (Wildman–Crippen MR) is 69.6 cm³/mol. The van der Waals surface area contributed by atoms with Crippen molar-refractivity contribution in [3.05, 3.63) is 0 Å². The lowest BCUT2D eigenvalue weighted by atomic mass is 9.96. The van der Waals surface area contributed by atoms with Gasteiger partial charge in [0.1, 0.15) is 0 Å². The fourth-order valence-corrected chi connectivity index (χ4v) is 1.89. The molecule has 6 heteroatoms. The molecule has 1 amide bonds. The van der Waals surface area contributed by atoms with Crippen LogP contribution in [0.3, 0.4) is 0 Å². The average molecular weight is 282 g/mol. The largest absolute Gasteiger partial charge is 0.389 e. The smallest absolute Gasteiger partial charge is 0.356 e. The third-order valence-electron chi connectivity index (χ3n) is 3.14. The van der Waals surface area contributed by atoms with Gasteiger partial charge >= 0.3 is 6.18 Å². The van der Waals surface area contributed by atoms with E-state index in [4.69, 9.17) is 5.73 Å². The molecule has 0 saturated carbocycles. The van der Waals surface area contributed by atoms with Crippen LogP contribution in [0.25, 0.3) is 0 Å². The molecule has 1 atom stereocenters. The zero-order valence-corrected chi connectivity index (χ0v) is 11.6. The standard InChI is InChI=1S/C13H25F3N2O/c1-2-11(7-9-17)5-6-12(19)18-10-4-3-8-13(14,15)16/h11H,2-10,17H2,1H3,(H,18,19). The van der Waals surface area contributed by atoms with E-state index in [9.17, 15) is 18.0 Å². The number of hydrogen-bond donors (Lipinski definition) is 2. The van der Waals surface area contributed by atoms with E-state index in [0.717, 1.165) is 19.3 Å². The van der Waals surface area contributed by atoms with Crippen LogP contribution in [-0.2, 0) is 4.79 Å². The van der Waals surface area contributed by atoms with Crippen LogP contribution in [0.4, 0.5) is 13.2 Å². The molecule has 0 bridgehead atoms. The summed E-state index contributed by atoms with van der Waals surface area (Å²) < 4.78 is 35.6. The van der Waals surface area contributed by atoms with Crippen LogP contribution in [0.15, 0.2) is 0 Å². The lowest BCUT2D eigenvalue weighted by molar-refractivity contribution is -0.135. The Labute approximate surface area is 113 Å². The summed E-state index contributed by atoms with van der Waals surface area (Å²) in [5.74, 6) is 0.378. The van der Waals surface area contributed by atoms with Crippen LogP contribution in [0.5, 0.6) is 0 Å².